The highest BCUT2D eigenvalue weighted by Gasteiger charge is 2.22. The Bertz CT molecular complexity index is 346. The second-order valence-electron chi connectivity index (χ2n) is 4.85. The minimum atomic E-state index is 0.709. The average molecular weight is 219 g/mol. The first-order chi connectivity index (χ1) is 7.70. The van der Waals surface area contributed by atoms with Gasteiger partial charge in [-0.1, -0.05) is 12.1 Å². The van der Waals surface area contributed by atoms with Crippen molar-refractivity contribution >= 4 is 0 Å². The maximum Gasteiger partial charge on any atom is 0.125 e. The number of hydrogen-bond donors (Lipinski definition) is 1. The van der Waals surface area contributed by atoms with Gasteiger partial charge in [-0.25, -0.2) is 0 Å². The molecule has 0 amide bonds. The van der Waals surface area contributed by atoms with Crippen LogP contribution in [-0.4, -0.2) is 13.2 Å². The second-order valence-corrected chi connectivity index (χ2v) is 4.85. The van der Waals surface area contributed by atoms with E-state index in [0.29, 0.717) is 6.54 Å². The molecule has 0 atom stereocenters. The first kappa shape index (κ1) is 11.5. The lowest BCUT2D eigenvalue weighted by Crippen LogP contribution is -2.06. The third-order valence-electron chi connectivity index (χ3n) is 3.11. The number of aryl methyl sites for hydroxylation is 2. The van der Waals surface area contributed by atoms with E-state index >= 15 is 0 Å². The highest BCUT2D eigenvalue weighted by molar-refractivity contribution is 5.43. The molecule has 1 aromatic carbocycles. The zero-order valence-electron chi connectivity index (χ0n) is 10.3. The van der Waals surface area contributed by atoms with E-state index in [0.717, 1.165) is 24.7 Å². The Morgan fingerprint density at radius 2 is 1.88 bits per heavy atom. The van der Waals surface area contributed by atoms with Crippen molar-refractivity contribution in [2.24, 2.45) is 11.7 Å². The van der Waals surface area contributed by atoms with E-state index in [1.54, 1.807) is 0 Å². The topological polar surface area (TPSA) is 35.2 Å². The van der Waals surface area contributed by atoms with Crippen LogP contribution in [-0.2, 0) is 6.42 Å². The van der Waals surface area contributed by atoms with Gasteiger partial charge in [0.25, 0.3) is 0 Å². The second kappa shape index (κ2) is 4.88. The standard InChI is InChI=1S/C14H21NO/c1-10-7-13(5-6-15)8-11(2)14(10)16-9-12-3-4-12/h7-8,12H,3-6,9,15H2,1-2H3. The van der Waals surface area contributed by atoms with E-state index in [2.05, 4.69) is 26.0 Å². The quantitative estimate of drug-likeness (QED) is 0.826. The molecule has 0 heterocycles. The van der Waals surface area contributed by atoms with Gasteiger partial charge in [-0.2, -0.15) is 0 Å². The summed E-state index contributed by atoms with van der Waals surface area (Å²) < 4.78 is 5.89. The Balaban J connectivity index is 2.10. The fraction of sp³-hybridized carbons (Fsp3) is 0.571. The van der Waals surface area contributed by atoms with Gasteiger partial charge in [0.15, 0.2) is 0 Å². The van der Waals surface area contributed by atoms with Gasteiger partial charge in [0, 0.05) is 0 Å². The van der Waals surface area contributed by atoms with Crippen LogP contribution in [0.25, 0.3) is 0 Å². The van der Waals surface area contributed by atoms with Gasteiger partial charge in [0.05, 0.1) is 6.61 Å². The smallest absolute Gasteiger partial charge is 0.125 e. The third-order valence-corrected chi connectivity index (χ3v) is 3.11. The van der Waals surface area contributed by atoms with Crippen molar-refractivity contribution in [1.29, 1.82) is 0 Å². The number of ether oxygens (including phenoxy) is 1. The molecule has 1 fully saturated rings. The highest BCUT2D eigenvalue weighted by Crippen LogP contribution is 2.31. The van der Waals surface area contributed by atoms with Crippen LogP contribution in [0.15, 0.2) is 12.1 Å². The van der Waals surface area contributed by atoms with Crippen molar-refractivity contribution in [1.82, 2.24) is 0 Å². The van der Waals surface area contributed by atoms with E-state index in [1.165, 1.54) is 29.5 Å². The van der Waals surface area contributed by atoms with Crippen molar-refractivity contribution in [2.45, 2.75) is 33.1 Å². The van der Waals surface area contributed by atoms with Crippen molar-refractivity contribution in [3.05, 3.63) is 28.8 Å². The Labute approximate surface area is 97.8 Å². The molecule has 1 aromatic rings. The Morgan fingerprint density at radius 3 is 2.38 bits per heavy atom. The van der Waals surface area contributed by atoms with Gasteiger partial charge < -0.3 is 10.5 Å². The summed E-state index contributed by atoms with van der Waals surface area (Å²) in [5.41, 5.74) is 9.37. The summed E-state index contributed by atoms with van der Waals surface area (Å²) >= 11 is 0. The van der Waals surface area contributed by atoms with Crippen LogP contribution >= 0.6 is 0 Å². The number of nitrogens with two attached hydrogens (primary N) is 1. The lowest BCUT2D eigenvalue weighted by molar-refractivity contribution is 0.296. The van der Waals surface area contributed by atoms with Gasteiger partial charge in [0.2, 0.25) is 0 Å². The van der Waals surface area contributed by atoms with Crippen LogP contribution < -0.4 is 10.5 Å². The SMILES string of the molecule is Cc1cc(CCN)cc(C)c1OCC1CC1. The maximum atomic E-state index is 5.89. The van der Waals surface area contributed by atoms with Gasteiger partial charge in [-0.05, 0) is 62.3 Å². The summed E-state index contributed by atoms with van der Waals surface area (Å²) in [5.74, 6) is 1.88. The van der Waals surface area contributed by atoms with Gasteiger partial charge in [-0.3, -0.25) is 0 Å². The first-order valence-electron chi connectivity index (χ1n) is 6.13. The van der Waals surface area contributed by atoms with Crippen molar-refractivity contribution in [3.8, 4) is 5.75 Å². The van der Waals surface area contributed by atoms with Crippen LogP contribution in [0.3, 0.4) is 0 Å². The Kier molecular flexibility index (Phi) is 3.49. The fourth-order valence-electron chi connectivity index (χ4n) is 2.06. The van der Waals surface area contributed by atoms with Gasteiger partial charge in [-0.15, -0.1) is 0 Å². The highest BCUT2D eigenvalue weighted by atomic mass is 16.5. The molecule has 1 aliphatic carbocycles. The minimum absolute atomic E-state index is 0.709. The summed E-state index contributed by atoms with van der Waals surface area (Å²) in [4.78, 5) is 0. The molecular formula is C14H21NO. The maximum absolute atomic E-state index is 5.89. The minimum Gasteiger partial charge on any atom is -0.493 e. The van der Waals surface area contributed by atoms with Crippen LogP contribution in [0, 0.1) is 19.8 Å². The molecule has 0 spiro atoms. The van der Waals surface area contributed by atoms with E-state index in [-0.39, 0.29) is 0 Å². The zero-order valence-corrected chi connectivity index (χ0v) is 10.3. The monoisotopic (exact) mass is 219 g/mol. The summed E-state index contributed by atoms with van der Waals surface area (Å²) in [6, 6.07) is 4.39. The molecule has 2 N–H and O–H groups in total. The zero-order chi connectivity index (χ0) is 11.5. The molecule has 0 aromatic heterocycles. The molecule has 2 heteroatoms. The summed E-state index contributed by atoms with van der Waals surface area (Å²) in [7, 11) is 0. The number of hydrogen-bond acceptors (Lipinski definition) is 2. The molecule has 16 heavy (non-hydrogen) atoms. The molecule has 88 valence electrons. The predicted octanol–water partition coefficient (Wildman–Crippen LogP) is 2.59. The first-order valence-corrected chi connectivity index (χ1v) is 6.13. The molecule has 0 radical (unpaired) electrons. The molecule has 0 saturated heterocycles. The molecular weight excluding hydrogens is 198 g/mol. The Morgan fingerprint density at radius 1 is 1.25 bits per heavy atom. The molecule has 1 saturated carbocycles. The van der Waals surface area contributed by atoms with E-state index < -0.39 is 0 Å². The van der Waals surface area contributed by atoms with E-state index in [4.69, 9.17) is 10.5 Å². The molecule has 1 aliphatic rings. The van der Waals surface area contributed by atoms with E-state index in [1.807, 2.05) is 0 Å². The average Bonchev–Trinajstić information content (AvgIpc) is 3.00. The van der Waals surface area contributed by atoms with Gasteiger partial charge >= 0.3 is 0 Å². The van der Waals surface area contributed by atoms with Crippen LogP contribution in [0.1, 0.15) is 29.5 Å². The van der Waals surface area contributed by atoms with Crippen LogP contribution in [0.5, 0.6) is 5.75 Å². The lowest BCUT2D eigenvalue weighted by atomic mass is 10.0. The largest absolute Gasteiger partial charge is 0.493 e. The lowest BCUT2D eigenvalue weighted by Gasteiger charge is -2.13. The predicted molar refractivity (Wildman–Crippen MR) is 66.9 cm³/mol. The van der Waals surface area contributed by atoms with E-state index in [9.17, 15) is 0 Å². The normalized spacial score (nSPS) is 15.2. The molecule has 2 nitrogen and oxygen atoms in total. The van der Waals surface area contributed by atoms with Crippen molar-refractivity contribution in [2.75, 3.05) is 13.2 Å². The molecule has 0 aliphatic heterocycles. The Hall–Kier alpha value is -1.02. The fourth-order valence-corrected chi connectivity index (χ4v) is 2.06. The molecule has 0 bridgehead atoms. The molecule has 0 unspecified atom stereocenters. The van der Waals surface area contributed by atoms with Gasteiger partial charge in [0.1, 0.15) is 5.75 Å². The summed E-state index contributed by atoms with van der Waals surface area (Å²) in [6.07, 6.45) is 3.62. The van der Waals surface area contributed by atoms with Crippen LogP contribution in [0.4, 0.5) is 0 Å². The molecule has 2 rings (SSSR count). The van der Waals surface area contributed by atoms with Crippen LogP contribution in [0.2, 0.25) is 0 Å². The number of rotatable bonds is 5. The van der Waals surface area contributed by atoms with Crippen molar-refractivity contribution in [3.63, 3.8) is 0 Å². The summed E-state index contributed by atoms with van der Waals surface area (Å²) in [6.45, 7) is 5.84. The van der Waals surface area contributed by atoms with Crippen molar-refractivity contribution < 1.29 is 4.74 Å². The summed E-state index contributed by atoms with van der Waals surface area (Å²) in [5, 5.41) is 0. The third kappa shape index (κ3) is 2.76. The number of benzene rings is 1.